The average Bonchev–Trinajstić information content (AvgIpc) is 3.45. The lowest BCUT2D eigenvalue weighted by atomic mass is 9.85. The van der Waals surface area contributed by atoms with Crippen LogP contribution >= 0.6 is 0 Å². The van der Waals surface area contributed by atoms with Crippen LogP contribution in [0, 0.1) is 6.92 Å². The molecule has 5 heteroatoms. The van der Waals surface area contributed by atoms with Crippen LogP contribution in [0.4, 0.5) is 0 Å². The monoisotopic (exact) mass is 622 g/mol. The quantitative estimate of drug-likeness (QED) is 0.142. The molecule has 4 nitrogen and oxygen atoms in total. The van der Waals surface area contributed by atoms with Gasteiger partial charge in [-0.1, -0.05) is 109 Å². The Hall–Kier alpha value is -5.78. The van der Waals surface area contributed by atoms with Gasteiger partial charge < -0.3 is 0 Å². The lowest BCUT2D eigenvalue weighted by Crippen LogP contribution is -2.15. The number of sulfone groups is 1. The molecule has 2 heterocycles. The van der Waals surface area contributed by atoms with Gasteiger partial charge in [0.15, 0.2) is 0 Å². The second-order valence-electron chi connectivity index (χ2n) is 12.4. The standard InChI is InChI=1S/C42H26N2O2S/c1-25-43-36-15-8-16-38-42(36)44(25)37-22-21-29(24-39(37)47(38,45)46)41-33-13-6-4-11-31(33)40(32-12-5-7-14-34(32)41)28-20-19-27-18-17-26-9-2-3-10-30(26)35(27)23-28/h2-24H,1H3. The van der Waals surface area contributed by atoms with E-state index < -0.39 is 9.84 Å². The van der Waals surface area contributed by atoms with Gasteiger partial charge in [-0.15, -0.1) is 0 Å². The maximum atomic E-state index is 14.2. The molecule has 10 rings (SSSR count). The Kier molecular flexibility index (Phi) is 5.28. The first-order valence-corrected chi connectivity index (χ1v) is 17.2. The Balaban J connectivity index is 1.27. The smallest absolute Gasteiger partial charge is 0.210 e. The molecular weight excluding hydrogens is 597 g/mol. The molecular formula is C42H26N2O2S. The summed E-state index contributed by atoms with van der Waals surface area (Å²) in [6, 6.07) is 47.9. The van der Waals surface area contributed by atoms with Crippen LogP contribution in [0.5, 0.6) is 0 Å². The maximum Gasteiger partial charge on any atom is 0.210 e. The molecule has 1 aliphatic heterocycles. The number of nitrogens with zero attached hydrogens (tertiary/aromatic N) is 2. The molecule has 1 aliphatic rings. The number of hydrogen-bond donors (Lipinski definition) is 0. The third-order valence-electron chi connectivity index (χ3n) is 9.84. The number of imidazole rings is 1. The molecule has 0 unspecified atom stereocenters. The van der Waals surface area contributed by atoms with Gasteiger partial charge in [0, 0.05) is 0 Å². The Morgan fingerprint density at radius 2 is 1.06 bits per heavy atom. The van der Waals surface area contributed by atoms with Crippen molar-refractivity contribution in [1.82, 2.24) is 9.55 Å². The van der Waals surface area contributed by atoms with E-state index in [4.69, 9.17) is 0 Å². The molecule has 222 valence electrons. The van der Waals surface area contributed by atoms with E-state index in [1.54, 1.807) is 12.1 Å². The first kappa shape index (κ1) is 26.4. The highest BCUT2D eigenvalue weighted by Gasteiger charge is 2.33. The summed E-state index contributed by atoms with van der Waals surface area (Å²) in [5.74, 6) is 0.764. The normalized spacial score (nSPS) is 13.6. The number of aromatic nitrogens is 2. The fraction of sp³-hybridized carbons (Fsp3) is 0.0238. The van der Waals surface area contributed by atoms with Crippen molar-refractivity contribution < 1.29 is 8.42 Å². The van der Waals surface area contributed by atoms with Crippen molar-refractivity contribution in [3.8, 4) is 27.9 Å². The molecule has 0 fully saturated rings. The van der Waals surface area contributed by atoms with E-state index >= 15 is 0 Å². The third-order valence-corrected chi connectivity index (χ3v) is 11.7. The van der Waals surface area contributed by atoms with Gasteiger partial charge >= 0.3 is 0 Å². The number of benzene rings is 8. The van der Waals surface area contributed by atoms with Gasteiger partial charge in [0.1, 0.15) is 5.82 Å². The summed E-state index contributed by atoms with van der Waals surface area (Å²) in [5.41, 5.74) is 6.18. The Labute approximate surface area is 271 Å². The lowest BCUT2D eigenvalue weighted by Gasteiger charge is -2.22. The minimum atomic E-state index is -3.78. The van der Waals surface area contributed by atoms with Crippen molar-refractivity contribution in [2.75, 3.05) is 0 Å². The summed E-state index contributed by atoms with van der Waals surface area (Å²) in [7, 11) is -3.78. The van der Waals surface area contributed by atoms with Crippen LogP contribution in [0.1, 0.15) is 5.82 Å². The van der Waals surface area contributed by atoms with Crippen molar-refractivity contribution in [2.24, 2.45) is 0 Å². The van der Waals surface area contributed by atoms with E-state index in [0.29, 0.717) is 26.5 Å². The summed E-state index contributed by atoms with van der Waals surface area (Å²) in [4.78, 5) is 5.29. The Morgan fingerprint density at radius 1 is 0.511 bits per heavy atom. The Bertz CT molecular complexity index is 2880. The largest absolute Gasteiger partial charge is 0.294 e. The topological polar surface area (TPSA) is 52.0 Å². The second kappa shape index (κ2) is 9.38. The molecule has 0 aliphatic carbocycles. The van der Waals surface area contributed by atoms with Gasteiger partial charge in [-0.25, -0.2) is 13.4 Å². The van der Waals surface area contributed by atoms with E-state index in [2.05, 4.69) is 114 Å². The predicted octanol–water partition coefficient (Wildman–Crippen LogP) is 10.4. The summed E-state index contributed by atoms with van der Waals surface area (Å²) >= 11 is 0. The second-order valence-corrected chi connectivity index (χ2v) is 14.3. The van der Waals surface area contributed by atoms with Gasteiger partial charge in [0.05, 0.1) is 26.5 Å². The van der Waals surface area contributed by atoms with Crippen LogP contribution in [0.3, 0.4) is 0 Å². The van der Waals surface area contributed by atoms with Crippen molar-refractivity contribution in [3.05, 3.63) is 145 Å². The number of rotatable bonds is 2. The molecule has 1 aromatic heterocycles. The molecule has 0 saturated heterocycles. The number of aryl methyl sites for hydroxylation is 1. The highest BCUT2D eigenvalue weighted by atomic mass is 32.2. The zero-order valence-electron chi connectivity index (χ0n) is 25.4. The molecule has 0 bridgehead atoms. The molecule has 0 N–H and O–H groups in total. The highest BCUT2D eigenvalue weighted by molar-refractivity contribution is 7.92. The van der Waals surface area contributed by atoms with Gasteiger partial charge in [-0.3, -0.25) is 4.57 Å². The summed E-state index contributed by atoms with van der Waals surface area (Å²) in [6.45, 7) is 1.93. The number of para-hydroxylation sites is 1. The van der Waals surface area contributed by atoms with Crippen molar-refractivity contribution in [2.45, 2.75) is 16.7 Å². The minimum Gasteiger partial charge on any atom is -0.294 e. The van der Waals surface area contributed by atoms with Gasteiger partial charge in [-0.05, 0) is 103 Å². The zero-order valence-corrected chi connectivity index (χ0v) is 26.2. The Morgan fingerprint density at radius 3 is 1.74 bits per heavy atom. The van der Waals surface area contributed by atoms with Crippen molar-refractivity contribution in [1.29, 1.82) is 0 Å². The third kappa shape index (κ3) is 3.57. The van der Waals surface area contributed by atoms with E-state index in [1.807, 2.05) is 29.7 Å². The van der Waals surface area contributed by atoms with Gasteiger partial charge in [0.2, 0.25) is 9.84 Å². The summed E-state index contributed by atoms with van der Waals surface area (Å²) in [6.07, 6.45) is 0. The highest BCUT2D eigenvalue weighted by Crippen LogP contribution is 2.47. The van der Waals surface area contributed by atoms with E-state index in [-0.39, 0.29) is 0 Å². The lowest BCUT2D eigenvalue weighted by molar-refractivity contribution is 0.594. The molecule has 0 atom stereocenters. The van der Waals surface area contributed by atoms with Crippen LogP contribution in [-0.2, 0) is 9.84 Å². The van der Waals surface area contributed by atoms with E-state index in [1.165, 1.54) is 27.1 Å². The summed E-state index contributed by atoms with van der Waals surface area (Å²) < 4.78 is 30.4. The van der Waals surface area contributed by atoms with E-state index in [0.717, 1.165) is 44.1 Å². The minimum absolute atomic E-state index is 0.300. The number of hydrogen-bond acceptors (Lipinski definition) is 3. The van der Waals surface area contributed by atoms with Crippen LogP contribution in [0.25, 0.3) is 82.1 Å². The van der Waals surface area contributed by atoms with E-state index in [9.17, 15) is 8.42 Å². The van der Waals surface area contributed by atoms with Crippen LogP contribution < -0.4 is 0 Å². The molecule has 8 aromatic carbocycles. The molecule has 0 radical (unpaired) electrons. The molecule has 47 heavy (non-hydrogen) atoms. The fourth-order valence-electron chi connectivity index (χ4n) is 7.82. The first-order chi connectivity index (χ1) is 23.0. The fourth-order valence-corrected chi connectivity index (χ4v) is 9.48. The zero-order chi connectivity index (χ0) is 31.4. The predicted molar refractivity (Wildman–Crippen MR) is 192 cm³/mol. The van der Waals surface area contributed by atoms with Crippen LogP contribution in [0.2, 0.25) is 0 Å². The van der Waals surface area contributed by atoms with Gasteiger partial charge in [-0.2, -0.15) is 0 Å². The first-order valence-electron chi connectivity index (χ1n) is 15.7. The van der Waals surface area contributed by atoms with Crippen molar-refractivity contribution >= 4 is 64.0 Å². The molecule has 0 amide bonds. The number of fused-ring (bicyclic) bond motifs is 7. The maximum absolute atomic E-state index is 14.2. The average molecular weight is 623 g/mol. The molecule has 9 aromatic rings. The molecule has 0 saturated carbocycles. The SMILES string of the molecule is Cc1nc2cccc3c2n1-c1ccc(-c2c4ccccc4c(-c4ccc5ccc6ccccc6c5c4)c4ccccc24)cc1S3(=O)=O. The van der Waals surface area contributed by atoms with Gasteiger partial charge in [0.25, 0.3) is 0 Å². The van der Waals surface area contributed by atoms with Crippen LogP contribution in [-0.4, -0.2) is 18.0 Å². The van der Waals surface area contributed by atoms with Crippen LogP contribution in [0.15, 0.2) is 149 Å². The summed E-state index contributed by atoms with van der Waals surface area (Å²) in [5, 5.41) is 9.29. The molecule has 0 spiro atoms. The van der Waals surface area contributed by atoms with Crippen molar-refractivity contribution in [3.63, 3.8) is 0 Å².